The van der Waals surface area contributed by atoms with Crippen LogP contribution < -0.4 is 10.1 Å². The van der Waals surface area contributed by atoms with Gasteiger partial charge >= 0.3 is 5.97 Å². The first-order valence-corrected chi connectivity index (χ1v) is 11.5. The zero-order valence-electron chi connectivity index (χ0n) is 20.2. The topological polar surface area (TPSA) is 244 Å². The van der Waals surface area contributed by atoms with Crippen molar-refractivity contribution in [3.05, 3.63) is 53.6 Å². The molecule has 1 aliphatic heterocycles. The third-order valence-corrected chi connectivity index (χ3v) is 5.77. The Labute approximate surface area is 220 Å². The maximum atomic E-state index is 13.1. The highest BCUT2D eigenvalue weighted by atomic mass is 16.7. The van der Waals surface area contributed by atoms with Crippen LogP contribution in [0.5, 0.6) is 23.0 Å². The van der Waals surface area contributed by atoms with Crippen molar-refractivity contribution in [3.8, 4) is 23.0 Å². The molecule has 3 rings (SSSR count). The zero-order chi connectivity index (χ0) is 28.9. The Kier molecular flexibility index (Phi) is 9.45. The number of Topliss-reactive ketones (excluding diaryl/α,β-unsaturated/α-hetero) is 1. The van der Waals surface area contributed by atoms with Gasteiger partial charge in [-0.05, 0) is 24.1 Å². The molecule has 14 heteroatoms. The molecule has 1 heterocycles. The standard InChI is InChI=1S/C25H27NO13/c27-10-18-22(35)23(36)24(37)25(39-18)38-17-9-12(28)8-16(31)21(17)15(30)4-2-11-1-3-14(29)13(7-11)26-19(32)5-6-20(33)34/h1,3,5-9,18,22-25,27-29,31,35-37H,2,4,10H2,(H,26,32)(H,33,34)/b6-5+/t18-,22+,23-,24+,25-/m0/s1. The first-order valence-electron chi connectivity index (χ1n) is 11.5. The smallest absolute Gasteiger partial charge is 0.328 e. The van der Waals surface area contributed by atoms with E-state index in [2.05, 4.69) is 5.32 Å². The second-order valence-corrected chi connectivity index (χ2v) is 8.59. The van der Waals surface area contributed by atoms with Crippen molar-refractivity contribution >= 4 is 23.3 Å². The van der Waals surface area contributed by atoms with Crippen LogP contribution in [0.15, 0.2) is 42.5 Å². The number of aliphatic hydroxyl groups excluding tert-OH is 4. The molecule has 5 atom stereocenters. The molecule has 0 radical (unpaired) electrons. The number of phenolic OH excluding ortho intramolecular Hbond substituents is 3. The molecule has 0 unspecified atom stereocenters. The number of anilines is 1. The van der Waals surface area contributed by atoms with E-state index in [1.165, 1.54) is 18.2 Å². The summed E-state index contributed by atoms with van der Waals surface area (Å²) in [7, 11) is 0. The number of carbonyl (C=O) groups excluding carboxylic acids is 2. The summed E-state index contributed by atoms with van der Waals surface area (Å²) in [5, 5.41) is 80.7. The molecule has 0 saturated carbocycles. The average Bonchev–Trinajstić information content (AvgIpc) is 2.87. The summed E-state index contributed by atoms with van der Waals surface area (Å²) in [6, 6.07) is 5.92. The highest BCUT2D eigenvalue weighted by Crippen LogP contribution is 2.36. The molecule has 1 saturated heterocycles. The number of ether oxygens (including phenoxy) is 2. The second kappa shape index (κ2) is 12.6. The molecular weight excluding hydrogens is 522 g/mol. The van der Waals surface area contributed by atoms with E-state index in [0.717, 1.165) is 18.2 Å². The molecule has 0 spiro atoms. The average molecular weight is 549 g/mol. The van der Waals surface area contributed by atoms with Crippen molar-refractivity contribution in [2.45, 2.75) is 43.5 Å². The van der Waals surface area contributed by atoms with Gasteiger partial charge in [0.1, 0.15) is 53.0 Å². The van der Waals surface area contributed by atoms with Gasteiger partial charge < -0.3 is 55.6 Å². The molecule has 9 N–H and O–H groups in total. The van der Waals surface area contributed by atoms with Crippen molar-refractivity contribution in [1.82, 2.24) is 0 Å². The molecule has 0 aromatic heterocycles. The van der Waals surface area contributed by atoms with Crippen molar-refractivity contribution in [1.29, 1.82) is 0 Å². The van der Waals surface area contributed by atoms with Crippen molar-refractivity contribution in [2.24, 2.45) is 0 Å². The lowest BCUT2D eigenvalue weighted by Crippen LogP contribution is -2.60. The molecule has 1 amide bonds. The number of rotatable bonds is 10. The minimum atomic E-state index is -1.81. The maximum Gasteiger partial charge on any atom is 0.328 e. The summed E-state index contributed by atoms with van der Waals surface area (Å²) in [5.74, 6) is -4.73. The number of aliphatic hydroxyl groups is 4. The quantitative estimate of drug-likeness (QED) is 0.102. The number of ketones is 1. The molecule has 14 nitrogen and oxygen atoms in total. The predicted molar refractivity (Wildman–Crippen MR) is 130 cm³/mol. The Bertz CT molecular complexity index is 1260. The zero-order valence-corrected chi connectivity index (χ0v) is 20.2. The lowest BCUT2D eigenvalue weighted by atomic mass is 9.98. The van der Waals surface area contributed by atoms with E-state index in [1.807, 2.05) is 0 Å². The number of carboxylic acid groups (broad SMARTS) is 1. The third-order valence-electron chi connectivity index (χ3n) is 5.77. The normalized spacial score (nSPS) is 22.9. The summed E-state index contributed by atoms with van der Waals surface area (Å²) in [6.07, 6.45) is -7.08. The number of nitrogens with one attached hydrogen (secondary N) is 1. The number of hydrogen-bond acceptors (Lipinski definition) is 12. The maximum absolute atomic E-state index is 13.1. The molecule has 2 aromatic rings. The number of amides is 1. The van der Waals surface area contributed by atoms with Gasteiger partial charge in [0, 0.05) is 30.7 Å². The first-order chi connectivity index (χ1) is 18.4. The van der Waals surface area contributed by atoms with Crippen LogP contribution >= 0.6 is 0 Å². The van der Waals surface area contributed by atoms with Crippen molar-refractivity contribution < 1.29 is 64.7 Å². The van der Waals surface area contributed by atoms with Gasteiger partial charge in [-0.3, -0.25) is 9.59 Å². The molecule has 1 fully saturated rings. The van der Waals surface area contributed by atoms with Crippen LogP contribution in [0.3, 0.4) is 0 Å². The Morgan fingerprint density at radius 1 is 0.949 bits per heavy atom. The SMILES string of the molecule is O=C(O)/C=C/C(=O)Nc1cc(CCC(=O)c2c(O)cc(O)cc2O[C@H]2O[C@@H](CO)[C@@H](O)[C@H](O)[C@H]2O)ccc1O. The predicted octanol–water partition coefficient (Wildman–Crippen LogP) is -0.623. The van der Waals surface area contributed by atoms with Crippen molar-refractivity contribution in [2.75, 3.05) is 11.9 Å². The van der Waals surface area contributed by atoms with Gasteiger partial charge in [-0.15, -0.1) is 0 Å². The summed E-state index contributed by atoms with van der Waals surface area (Å²) in [5.41, 5.74) is 0.0308. The Morgan fingerprint density at radius 3 is 2.33 bits per heavy atom. The Hall–Kier alpha value is -4.21. The van der Waals surface area contributed by atoms with E-state index in [0.29, 0.717) is 11.6 Å². The lowest BCUT2D eigenvalue weighted by Gasteiger charge is -2.39. The Morgan fingerprint density at radius 2 is 1.67 bits per heavy atom. The number of phenols is 3. The monoisotopic (exact) mass is 549 g/mol. The van der Waals surface area contributed by atoms with E-state index in [4.69, 9.17) is 14.6 Å². The largest absolute Gasteiger partial charge is 0.508 e. The van der Waals surface area contributed by atoms with Crippen LogP contribution in [0.4, 0.5) is 5.69 Å². The van der Waals surface area contributed by atoms with Crippen molar-refractivity contribution in [3.63, 3.8) is 0 Å². The number of carbonyl (C=O) groups is 3. The fourth-order valence-corrected chi connectivity index (χ4v) is 3.79. The molecule has 0 aliphatic carbocycles. The summed E-state index contributed by atoms with van der Waals surface area (Å²) < 4.78 is 10.7. The van der Waals surface area contributed by atoms with Crippen LogP contribution in [-0.2, 0) is 20.7 Å². The van der Waals surface area contributed by atoms with Crippen LogP contribution in [-0.4, -0.2) is 95.8 Å². The van der Waals surface area contributed by atoms with E-state index < -0.39 is 77.8 Å². The van der Waals surface area contributed by atoms with E-state index in [9.17, 15) is 50.1 Å². The number of benzene rings is 2. The molecule has 39 heavy (non-hydrogen) atoms. The molecule has 0 bridgehead atoms. The number of aromatic hydroxyl groups is 3. The van der Waals surface area contributed by atoms with Gasteiger partial charge in [-0.1, -0.05) is 6.07 Å². The minimum Gasteiger partial charge on any atom is -0.508 e. The van der Waals surface area contributed by atoms with Gasteiger partial charge in [0.15, 0.2) is 5.78 Å². The van der Waals surface area contributed by atoms with Crippen LogP contribution in [0.1, 0.15) is 22.3 Å². The van der Waals surface area contributed by atoms with Gasteiger partial charge in [0.25, 0.3) is 0 Å². The highest BCUT2D eigenvalue weighted by Gasteiger charge is 2.45. The first kappa shape index (κ1) is 29.3. The third kappa shape index (κ3) is 7.22. The fourth-order valence-electron chi connectivity index (χ4n) is 3.79. The fraction of sp³-hybridized carbons (Fsp3) is 0.320. The van der Waals surface area contributed by atoms with E-state index in [1.54, 1.807) is 0 Å². The lowest BCUT2D eigenvalue weighted by molar-refractivity contribution is -0.277. The van der Waals surface area contributed by atoms with Gasteiger partial charge in [0.2, 0.25) is 12.2 Å². The minimum absolute atomic E-state index is 0.0345. The van der Waals surface area contributed by atoms with Gasteiger partial charge in [-0.25, -0.2) is 4.79 Å². The van der Waals surface area contributed by atoms with E-state index >= 15 is 0 Å². The van der Waals surface area contributed by atoms with E-state index in [-0.39, 0.29) is 24.3 Å². The van der Waals surface area contributed by atoms with Gasteiger partial charge in [-0.2, -0.15) is 0 Å². The molecular formula is C25H27NO13. The van der Waals surface area contributed by atoms with Crippen LogP contribution in [0.2, 0.25) is 0 Å². The molecule has 1 aliphatic rings. The summed E-state index contributed by atoms with van der Waals surface area (Å²) in [6.45, 7) is -0.729. The second-order valence-electron chi connectivity index (χ2n) is 8.59. The van der Waals surface area contributed by atoms with Gasteiger partial charge in [0.05, 0.1) is 12.3 Å². The van der Waals surface area contributed by atoms with Crippen LogP contribution in [0, 0.1) is 0 Å². The highest BCUT2D eigenvalue weighted by molar-refractivity contribution is 6.03. The number of aliphatic carboxylic acids is 1. The molecule has 2 aromatic carbocycles. The Balaban J connectivity index is 1.78. The summed E-state index contributed by atoms with van der Waals surface area (Å²) in [4.78, 5) is 35.5. The number of carboxylic acids is 1. The number of aryl methyl sites for hydroxylation is 1. The number of hydrogen-bond donors (Lipinski definition) is 9. The van der Waals surface area contributed by atoms with Crippen LogP contribution in [0.25, 0.3) is 0 Å². The molecule has 210 valence electrons. The summed E-state index contributed by atoms with van der Waals surface area (Å²) >= 11 is 0.